The highest BCUT2D eigenvalue weighted by molar-refractivity contribution is 6.46. The molecule has 0 saturated carbocycles. The Bertz CT molecular complexity index is 4090. The summed E-state index contributed by atoms with van der Waals surface area (Å²) in [7, 11) is 0. The van der Waals surface area contributed by atoms with E-state index in [2.05, 4.69) is 200 Å². The summed E-state index contributed by atoms with van der Waals surface area (Å²) in [4.78, 5) is 5.32. The lowest BCUT2D eigenvalue weighted by atomic mass is 9.84. The van der Waals surface area contributed by atoms with E-state index in [-0.39, 0.29) is 0 Å². The molecule has 1 nitrogen and oxygen atoms in total. The van der Waals surface area contributed by atoms with Crippen LogP contribution < -0.4 is 0 Å². The molecule has 0 bridgehead atoms. The Hall–Kier alpha value is -7.87. The van der Waals surface area contributed by atoms with Gasteiger partial charge in [0.2, 0.25) is 0 Å². The molecule has 1 heteroatoms. The third-order valence-electron chi connectivity index (χ3n) is 13.5. The van der Waals surface area contributed by atoms with Gasteiger partial charge in [0, 0.05) is 16.3 Å². The largest absolute Gasteiger partial charge is 0.247 e. The van der Waals surface area contributed by atoms with E-state index in [0.717, 1.165) is 22.2 Å². The summed E-state index contributed by atoms with van der Waals surface area (Å²) < 4.78 is 0. The summed E-state index contributed by atoms with van der Waals surface area (Å²) in [5.74, 6) is 0. The Kier molecular flexibility index (Phi) is 6.35. The molecule has 1 aromatic heterocycles. The fourth-order valence-electron chi connectivity index (χ4n) is 11.0. The van der Waals surface area contributed by atoms with Crippen molar-refractivity contribution >= 4 is 108 Å². The van der Waals surface area contributed by atoms with E-state index >= 15 is 0 Å². The molecule has 0 spiro atoms. The van der Waals surface area contributed by atoms with Crippen molar-refractivity contribution in [1.82, 2.24) is 4.98 Å². The van der Waals surface area contributed by atoms with Crippen LogP contribution in [-0.2, 0) is 0 Å². The van der Waals surface area contributed by atoms with Gasteiger partial charge in [-0.1, -0.05) is 176 Å². The van der Waals surface area contributed by atoms with Crippen molar-refractivity contribution in [2.75, 3.05) is 0 Å². The molecule has 0 unspecified atom stereocenters. The van der Waals surface area contributed by atoms with Gasteiger partial charge in [-0.25, -0.2) is 4.98 Å². The van der Waals surface area contributed by atoms with Gasteiger partial charge in [0.1, 0.15) is 0 Å². The Morgan fingerprint density at radius 1 is 0.233 bits per heavy atom. The lowest BCUT2D eigenvalue weighted by molar-refractivity contribution is 1.42. The van der Waals surface area contributed by atoms with Crippen LogP contribution >= 0.6 is 0 Å². The molecule has 0 aliphatic rings. The maximum Gasteiger partial charge on any atom is 0.0787 e. The van der Waals surface area contributed by atoms with Crippen LogP contribution in [0.2, 0.25) is 0 Å². The quantitative estimate of drug-likeness (QED) is 0.164. The van der Waals surface area contributed by atoms with Crippen LogP contribution in [0.5, 0.6) is 0 Å². The molecular weight excluding hydrogens is 723 g/mol. The Morgan fingerprint density at radius 3 is 1.57 bits per heavy atom. The molecular formula is C59H33N. The number of nitrogens with zero attached hydrogens (tertiary/aromatic N) is 1. The van der Waals surface area contributed by atoms with Crippen LogP contribution in [0.4, 0.5) is 0 Å². The maximum absolute atomic E-state index is 5.32. The summed E-state index contributed by atoms with van der Waals surface area (Å²) in [6, 6.07) is 74.4. The first kappa shape index (κ1) is 32.1. The summed E-state index contributed by atoms with van der Waals surface area (Å²) in [5.41, 5.74) is 8.23. The summed E-state index contributed by atoms with van der Waals surface area (Å²) in [5, 5.41) is 24.4. The number of pyridine rings is 1. The number of aromatic nitrogens is 1. The van der Waals surface area contributed by atoms with Crippen LogP contribution in [0.25, 0.3) is 141 Å². The molecule has 14 aromatic rings. The number of hydrogen-bond acceptors (Lipinski definition) is 1. The van der Waals surface area contributed by atoms with E-state index in [0.29, 0.717) is 0 Å². The first-order valence-electron chi connectivity index (χ1n) is 20.9. The second kappa shape index (κ2) is 11.9. The topological polar surface area (TPSA) is 12.9 Å². The monoisotopic (exact) mass is 755 g/mol. The van der Waals surface area contributed by atoms with Gasteiger partial charge in [-0.05, 0) is 138 Å². The van der Waals surface area contributed by atoms with Crippen LogP contribution in [0.15, 0.2) is 200 Å². The van der Waals surface area contributed by atoms with E-state index in [1.807, 2.05) is 0 Å². The molecule has 0 atom stereocenters. The minimum absolute atomic E-state index is 0.987. The lowest BCUT2D eigenvalue weighted by Crippen LogP contribution is -1.91. The van der Waals surface area contributed by atoms with Crippen molar-refractivity contribution in [2.45, 2.75) is 0 Å². The molecule has 60 heavy (non-hydrogen) atoms. The van der Waals surface area contributed by atoms with Crippen molar-refractivity contribution in [3.05, 3.63) is 200 Å². The zero-order valence-corrected chi connectivity index (χ0v) is 32.5. The van der Waals surface area contributed by atoms with Gasteiger partial charge in [0.25, 0.3) is 0 Å². The summed E-state index contributed by atoms with van der Waals surface area (Å²) >= 11 is 0. The minimum Gasteiger partial charge on any atom is -0.247 e. The first-order chi connectivity index (χ1) is 29.8. The Morgan fingerprint density at radius 2 is 0.783 bits per heavy atom. The molecule has 0 aliphatic heterocycles. The van der Waals surface area contributed by atoms with Crippen molar-refractivity contribution in [3.8, 4) is 33.5 Å². The SMILES string of the molecule is c1ccc(-c2c3cc4c5ccccc5c5cccc(c3c(-c3ccccc3)c3c6cc7ccc(-c8ccc9ccc%10ccccc%10c9n8)cc7c7cccc(c23)c76)c54)cc1. The van der Waals surface area contributed by atoms with Gasteiger partial charge in [-0.15, -0.1) is 0 Å². The minimum atomic E-state index is 0.987. The summed E-state index contributed by atoms with van der Waals surface area (Å²) in [6.07, 6.45) is 0. The highest BCUT2D eigenvalue weighted by atomic mass is 14.7. The molecule has 0 N–H and O–H groups in total. The van der Waals surface area contributed by atoms with E-state index in [9.17, 15) is 0 Å². The third kappa shape index (κ3) is 4.23. The molecule has 0 fully saturated rings. The van der Waals surface area contributed by atoms with Gasteiger partial charge >= 0.3 is 0 Å². The van der Waals surface area contributed by atoms with Crippen LogP contribution in [0.3, 0.4) is 0 Å². The molecule has 0 amide bonds. The molecule has 14 rings (SSSR count). The number of hydrogen-bond donors (Lipinski definition) is 0. The first-order valence-corrected chi connectivity index (χ1v) is 20.9. The predicted molar refractivity (Wildman–Crippen MR) is 258 cm³/mol. The van der Waals surface area contributed by atoms with Gasteiger partial charge in [-0.3, -0.25) is 0 Å². The van der Waals surface area contributed by atoms with E-state index in [4.69, 9.17) is 4.98 Å². The van der Waals surface area contributed by atoms with Crippen molar-refractivity contribution in [3.63, 3.8) is 0 Å². The third-order valence-corrected chi connectivity index (χ3v) is 13.5. The van der Waals surface area contributed by atoms with E-state index in [1.165, 1.54) is 119 Å². The van der Waals surface area contributed by atoms with Gasteiger partial charge in [0.15, 0.2) is 0 Å². The molecule has 274 valence electrons. The average Bonchev–Trinajstić information content (AvgIpc) is 3.82. The van der Waals surface area contributed by atoms with Gasteiger partial charge < -0.3 is 0 Å². The van der Waals surface area contributed by atoms with Crippen molar-refractivity contribution in [1.29, 1.82) is 0 Å². The number of benzene rings is 11. The normalized spacial score (nSPS) is 12.3. The highest BCUT2D eigenvalue weighted by Gasteiger charge is 2.27. The number of rotatable bonds is 3. The van der Waals surface area contributed by atoms with E-state index in [1.54, 1.807) is 0 Å². The maximum atomic E-state index is 5.32. The predicted octanol–water partition coefficient (Wildman–Crippen LogP) is 16.5. The average molecular weight is 756 g/mol. The Balaban J connectivity index is 1.17. The molecule has 1 heterocycles. The van der Waals surface area contributed by atoms with Crippen molar-refractivity contribution in [2.24, 2.45) is 0 Å². The molecule has 0 aliphatic carbocycles. The van der Waals surface area contributed by atoms with Crippen LogP contribution in [0.1, 0.15) is 0 Å². The molecule has 0 radical (unpaired) electrons. The highest BCUT2D eigenvalue weighted by Crippen LogP contribution is 2.55. The van der Waals surface area contributed by atoms with E-state index < -0.39 is 0 Å². The number of fused-ring (bicyclic) bond motifs is 13. The van der Waals surface area contributed by atoms with Crippen molar-refractivity contribution < 1.29 is 0 Å². The fraction of sp³-hybridized carbons (Fsp3) is 0. The zero-order valence-electron chi connectivity index (χ0n) is 32.5. The summed E-state index contributed by atoms with van der Waals surface area (Å²) in [6.45, 7) is 0. The smallest absolute Gasteiger partial charge is 0.0787 e. The van der Waals surface area contributed by atoms with Gasteiger partial charge in [0.05, 0.1) is 11.2 Å². The molecule has 0 saturated heterocycles. The van der Waals surface area contributed by atoms with Crippen LogP contribution in [0, 0.1) is 0 Å². The lowest BCUT2D eigenvalue weighted by Gasteiger charge is -2.19. The standard InChI is InChI=1S/C59H33N/c1-3-14-35(15-4-1)52-50-33-48-42-20-10-9-19-41(42)43-21-11-23-45(54(43)48)56(50)53(36-16-5-2-6-17-36)58-49-31-38-27-28-39(32-47(38)44-22-12-24-46(55(44)49)57(52)58)51-30-29-37-26-25-34-13-7-8-18-40(34)59(37)60-51/h1-33H. The second-order valence-electron chi connectivity index (χ2n) is 16.5. The Labute approximate surface area is 345 Å². The zero-order chi connectivity index (χ0) is 39.1. The fourth-order valence-corrected chi connectivity index (χ4v) is 11.0. The molecule has 13 aromatic carbocycles. The van der Waals surface area contributed by atoms with Crippen LogP contribution in [-0.4, -0.2) is 4.98 Å². The second-order valence-corrected chi connectivity index (χ2v) is 16.5. The van der Waals surface area contributed by atoms with Gasteiger partial charge in [-0.2, -0.15) is 0 Å².